The number of nitro benzene ring substituents is 1. The number of rotatable bonds is 24. The summed E-state index contributed by atoms with van der Waals surface area (Å²) >= 11 is 0. The number of fused-ring (bicyclic) bond motifs is 8. The SMILES string of the molecule is CCCCC(CC)Cn1c2ccc(/C(=N\OC(C)=O)c3ccccc3OCC(F)(F)C(F)F)cc2c2cc(C(=O)c3c(C)cc(C)cc3C)c3ccccc3c21.CCn1c2ccc(/C(=N/OC(C)=O)c3ccc(OC(C)COC)cc3C)cc2c2cc([N+](=O)[O-])ccc21. The number of para-hydroxylation sites is 1. The fourth-order valence-electron chi connectivity index (χ4n) is 12.3. The molecule has 0 saturated carbocycles. The monoisotopic (exact) mass is 1270 g/mol. The van der Waals surface area contributed by atoms with E-state index in [4.69, 9.17) is 23.9 Å². The number of oxime groups is 2. The normalized spacial score (nSPS) is 12.8. The molecule has 0 aliphatic heterocycles. The molecule has 0 aliphatic carbocycles. The van der Waals surface area contributed by atoms with Gasteiger partial charge in [0.2, 0.25) is 0 Å². The van der Waals surface area contributed by atoms with Crippen molar-refractivity contribution in [3.05, 3.63) is 205 Å². The minimum atomic E-state index is -4.40. The van der Waals surface area contributed by atoms with Crippen LogP contribution in [0.5, 0.6) is 11.5 Å². The number of non-ortho nitro benzene ring substituents is 1. The molecular formula is C74H75F4N5O10. The molecule has 0 aliphatic rings. The van der Waals surface area contributed by atoms with Gasteiger partial charge in [-0.15, -0.1) is 0 Å². The summed E-state index contributed by atoms with van der Waals surface area (Å²) in [6.45, 7) is 19.0. The molecule has 19 heteroatoms. The van der Waals surface area contributed by atoms with Crippen molar-refractivity contribution in [3.8, 4) is 11.5 Å². The predicted octanol–water partition coefficient (Wildman–Crippen LogP) is 17.7. The summed E-state index contributed by atoms with van der Waals surface area (Å²) in [6, 6.07) is 41.9. The number of hydrogen-bond donors (Lipinski definition) is 0. The molecule has 10 rings (SSSR count). The Morgan fingerprint density at radius 1 is 0.645 bits per heavy atom. The molecule has 2 atom stereocenters. The van der Waals surface area contributed by atoms with Crippen LogP contribution < -0.4 is 9.47 Å². The third kappa shape index (κ3) is 14.8. The van der Waals surface area contributed by atoms with Gasteiger partial charge in [0, 0.05) is 123 Å². The van der Waals surface area contributed by atoms with Gasteiger partial charge < -0.3 is 33.0 Å². The van der Waals surface area contributed by atoms with Crippen molar-refractivity contribution in [3.63, 3.8) is 0 Å². The predicted molar refractivity (Wildman–Crippen MR) is 357 cm³/mol. The summed E-state index contributed by atoms with van der Waals surface area (Å²) in [6.07, 6.45) is 0.147. The van der Waals surface area contributed by atoms with Crippen LogP contribution in [-0.4, -0.2) is 82.0 Å². The smallest absolute Gasteiger partial charge is 0.340 e. The Labute approximate surface area is 536 Å². The first-order chi connectivity index (χ1) is 44.5. The standard InChI is InChI=1S/C46H46F4N2O4.C28H29N3O6/c1-7-9-14-31(8-2)25-52-39-20-19-32(42(51-56-30(6)53)35-17-12-13-18-40(35)55-26-46(49,50)45(47)48)23-36(39)37-24-38(33-15-10-11-16-34(33)43(37)52)44(54)41-28(4)21-27(3)22-29(41)5;1-6-30-26-11-7-20(14-24(26)25-15-21(31(33)34)8-12-27(25)30)28(29-37-19(4)32)23-10-9-22(13-17(23)2)36-18(3)16-35-5/h10-13,15-24,31,45H,7-9,14,25-26H2,1-6H3;7-15,18H,6,16H2,1-5H3/b51-42+;29-28-. The van der Waals surface area contributed by atoms with Crippen molar-refractivity contribution in [2.45, 2.75) is 126 Å². The van der Waals surface area contributed by atoms with Crippen LogP contribution in [0.4, 0.5) is 23.2 Å². The van der Waals surface area contributed by atoms with E-state index in [1.807, 2.05) is 133 Å². The molecule has 0 fully saturated rings. The van der Waals surface area contributed by atoms with Crippen LogP contribution in [0.25, 0.3) is 54.4 Å². The maximum atomic E-state index is 14.7. The zero-order chi connectivity index (χ0) is 67.0. The second-order valence-electron chi connectivity index (χ2n) is 23.4. The molecule has 0 radical (unpaired) electrons. The number of carbonyl (C=O) groups is 3. The minimum absolute atomic E-state index is 0.0241. The minimum Gasteiger partial charge on any atom is -0.488 e. The second kappa shape index (κ2) is 29.2. The molecular weight excluding hydrogens is 1190 g/mol. The van der Waals surface area contributed by atoms with Crippen LogP contribution in [0.1, 0.15) is 128 Å². The lowest BCUT2D eigenvalue weighted by atomic mass is 9.89. The first-order valence-electron chi connectivity index (χ1n) is 31.0. The number of unbranched alkanes of at least 4 members (excludes halogenated alkanes) is 1. The van der Waals surface area contributed by atoms with Gasteiger partial charge in [0.1, 0.15) is 29.0 Å². The highest BCUT2D eigenvalue weighted by Crippen LogP contribution is 2.41. The number of ether oxygens (including phenoxy) is 3. The van der Waals surface area contributed by atoms with Crippen molar-refractivity contribution in [2.24, 2.45) is 16.2 Å². The average Bonchev–Trinajstić information content (AvgIpc) is 1.60. The third-order valence-electron chi connectivity index (χ3n) is 16.5. The Hall–Kier alpha value is -9.75. The van der Waals surface area contributed by atoms with Gasteiger partial charge in [-0.2, -0.15) is 8.78 Å². The third-order valence-corrected chi connectivity index (χ3v) is 16.5. The first-order valence-corrected chi connectivity index (χ1v) is 31.0. The highest BCUT2D eigenvalue weighted by molar-refractivity contribution is 6.27. The van der Waals surface area contributed by atoms with E-state index in [1.54, 1.807) is 31.4 Å². The summed E-state index contributed by atoms with van der Waals surface area (Å²) in [5.41, 5.74) is 11.3. The van der Waals surface area contributed by atoms with Gasteiger partial charge in [0.15, 0.2) is 12.4 Å². The lowest BCUT2D eigenvalue weighted by molar-refractivity contribution is -0.384. The molecule has 2 heterocycles. The number of carbonyl (C=O) groups excluding carboxylic acids is 3. The Morgan fingerprint density at radius 3 is 1.81 bits per heavy atom. The average molecular weight is 1270 g/mol. The zero-order valence-corrected chi connectivity index (χ0v) is 54.0. The fraction of sp³-hybridized carbons (Fsp3) is 0.311. The first kappa shape index (κ1) is 67.6. The van der Waals surface area contributed by atoms with Gasteiger partial charge in [-0.05, 0) is 143 Å². The number of alkyl halides is 4. The van der Waals surface area contributed by atoms with Crippen LogP contribution in [0.2, 0.25) is 0 Å². The number of nitro groups is 1. The summed E-state index contributed by atoms with van der Waals surface area (Å²) in [5, 5.41) is 24.8. The van der Waals surface area contributed by atoms with Crippen molar-refractivity contribution in [1.29, 1.82) is 0 Å². The van der Waals surface area contributed by atoms with Gasteiger partial charge >= 0.3 is 24.3 Å². The van der Waals surface area contributed by atoms with Gasteiger partial charge in [-0.25, -0.2) is 18.4 Å². The molecule has 10 aromatic rings. The number of hydrogen-bond acceptors (Lipinski definition) is 12. The Bertz CT molecular complexity index is 4530. The van der Waals surface area contributed by atoms with Crippen molar-refractivity contribution >= 4 is 89.2 Å². The Balaban J connectivity index is 0.000000239. The molecule has 0 bridgehead atoms. The number of aryl methyl sites for hydroxylation is 5. The van der Waals surface area contributed by atoms with E-state index in [2.05, 4.69) is 33.3 Å². The molecule has 0 spiro atoms. The number of methoxy groups -OCH3 is 1. The van der Waals surface area contributed by atoms with E-state index in [1.165, 1.54) is 38.1 Å². The number of ketones is 1. The van der Waals surface area contributed by atoms with E-state index in [0.717, 1.165) is 114 Å². The van der Waals surface area contributed by atoms with E-state index in [9.17, 15) is 42.1 Å². The van der Waals surface area contributed by atoms with E-state index < -0.39 is 35.8 Å². The van der Waals surface area contributed by atoms with E-state index in [0.29, 0.717) is 52.8 Å². The number of aromatic nitrogens is 2. The molecule has 0 amide bonds. The lowest BCUT2D eigenvalue weighted by Gasteiger charge is -2.19. The largest absolute Gasteiger partial charge is 0.488 e. The topological polar surface area (TPSA) is 175 Å². The van der Waals surface area contributed by atoms with Crippen LogP contribution >= 0.6 is 0 Å². The molecule has 0 N–H and O–H groups in total. The summed E-state index contributed by atoms with van der Waals surface area (Å²) in [7, 11) is 1.62. The van der Waals surface area contributed by atoms with Crippen LogP contribution in [0.15, 0.2) is 150 Å². The molecule has 8 aromatic carbocycles. The molecule has 15 nitrogen and oxygen atoms in total. The number of nitrogens with zero attached hydrogens (tertiary/aromatic N) is 5. The van der Waals surface area contributed by atoms with Crippen LogP contribution in [0.3, 0.4) is 0 Å². The molecule has 484 valence electrons. The van der Waals surface area contributed by atoms with Crippen LogP contribution in [-0.2, 0) is 37.1 Å². The van der Waals surface area contributed by atoms with Crippen LogP contribution in [0, 0.1) is 43.7 Å². The molecule has 2 aromatic heterocycles. The summed E-state index contributed by atoms with van der Waals surface area (Å²) in [4.78, 5) is 59.6. The highest BCUT2D eigenvalue weighted by Gasteiger charge is 2.42. The molecule has 2 unspecified atom stereocenters. The lowest BCUT2D eigenvalue weighted by Crippen LogP contribution is -2.34. The number of halogens is 4. The van der Waals surface area contributed by atoms with E-state index in [-0.39, 0.29) is 34.6 Å². The zero-order valence-electron chi connectivity index (χ0n) is 54.0. The molecule has 0 saturated heterocycles. The van der Waals surface area contributed by atoms with Gasteiger partial charge in [-0.3, -0.25) is 14.9 Å². The van der Waals surface area contributed by atoms with Gasteiger partial charge in [0.25, 0.3) is 5.69 Å². The summed E-state index contributed by atoms with van der Waals surface area (Å²) < 4.78 is 75.0. The molecule has 93 heavy (non-hydrogen) atoms. The maximum absolute atomic E-state index is 14.7. The van der Waals surface area contributed by atoms with E-state index >= 15 is 0 Å². The van der Waals surface area contributed by atoms with Gasteiger partial charge in [0.05, 0.1) is 17.0 Å². The maximum Gasteiger partial charge on any atom is 0.340 e. The van der Waals surface area contributed by atoms with Crippen molar-refractivity contribution in [2.75, 3.05) is 20.3 Å². The van der Waals surface area contributed by atoms with Crippen molar-refractivity contribution < 1.29 is 60.8 Å². The fourth-order valence-corrected chi connectivity index (χ4v) is 12.3. The summed E-state index contributed by atoms with van der Waals surface area (Å²) in [5.74, 6) is -4.84. The van der Waals surface area contributed by atoms with Gasteiger partial charge in [-0.1, -0.05) is 110 Å². The van der Waals surface area contributed by atoms with Crippen molar-refractivity contribution in [1.82, 2.24) is 9.13 Å². The Kier molecular flexibility index (Phi) is 21.3. The second-order valence-corrected chi connectivity index (χ2v) is 23.4. The number of benzene rings is 8. The highest BCUT2D eigenvalue weighted by atomic mass is 19.3. The quantitative estimate of drug-likeness (QED) is 0.0141. The Morgan fingerprint density at radius 2 is 1.23 bits per heavy atom.